The number of nitrogens with zero attached hydrogens (tertiary/aromatic N) is 2. The van der Waals surface area contributed by atoms with Crippen molar-refractivity contribution >= 4 is 29.1 Å². The molecule has 0 saturated heterocycles. The van der Waals surface area contributed by atoms with Gasteiger partial charge in [0.2, 0.25) is 0 Å². The SMILES string of the molecule is CCC(=NC)N(CC(=O)O[C@@H]1C[C@H](C)CC[C@H]1C(C)C)c1cc(Cl)ccc1C. The van der Waals surface area contributed by atoms with Crippen molar-refractivity contribution in [3.63, 3.8) is 0 Å². The van der Waals surface area contributed by atoms with Crippen LogP contribution in [0, 0.1) is 24.7 Å². The van der Waals surface area contributed by atoms with Gasteiger partial charge in [0.05, 0.1) is 0 Å². The average molecular weight is 407 g/mol. The number of rotatable bonds is 6. The van der Waals surface area contributed by atoms with Gasteiger partial charge in [-0.15, -0.1) is 0 Å². The minimum atomic E-state index is -0.196. The highest BCUT2D eigenvalue weighted by atomic mass is 35.5. The highest BCUT2D eigenvalue weighted by molar-refractivity contribution is 6.31. The number of hydrogen-bond donors (Lipinski definition) is 0. The number of halogens is 1. The van der Waals surface area contributed by atoms with Crippen molar-refractivity contribution in [2.24, 2.45) is 22.7 Å². The van der Waals surface area contributed by atoms with Crippen LogP contribution in [0.1, 0.15) is 58.9 Å². The zero-order chi connectivity index (χ0) is 20.8. The lowest BCUT2D eigenvalue weighted by Gasteiger charge is -2.37. The van der Waals surface area contributed by atoms with Crippen LogP contribution in [0.5, 0.6) is 0 Å². The molecule has 1 aromatic rings. The molecule has 3 atom stereocenters. The van der Waals surface area contributed by atoms with Crippen LogP contribution in [0.3, 0.4) is 0 Å². The first-order valence-corrected chi connectivity index (χ1v) is 10.8. The summed E-state index contributed by atoms with van der Waals surface area (Å²) in [5.41, 5.74) is 1.96. The summed E-state index contributed by atoms with van der Waals surface area (Å²) in [6, 6.07) is 5.73. The fourth-order valence-electron chi connectivity index (χ4n) is 4.24. The zero-order valence-electron chi connectivity index (χ0n) is 18.2. The van der Waals surface area contributed by atoms with Crippen LogP contribution in [0.2, 0.25) is 5.02 Å². The first kappa shape index (κ1) is 22.7. The minimum absolute atomic E-state index is 0.00204. The van der Waals surface area contributed by atoms with E-state index in [2.05, 4.69) is 25.8 Å². The first-order valence-electron chi connectivity index (χ1n) is 10.5. The molecule has 0 amide bonds. The fraction of sp³-hybridized carbons (Fsp3) is 0.652. The summed E-state index contributed by atoms with van der Waals surface area (Å²) in [4.78, 5) is 19.3. The Hall–Kier alpha value is -1.55. The molecule has 0 aliphatic heterocycles. The molecule has 5 heteroatoms. The predicted octanol–water partition coefficient (Wildman–Crippen LogP) is 5.90. The van der Waals surface area contributed by atoms with Crippen LogP contribution in [-0.4, -0.2) is 31.5 Å². The van der Waals surface area contributed by atoms with E-state index >= 15 is 0 Å². The van der Waals surface area contributed by atoms with Crippen LogP contribution in [0.4, 0.5) is 5.69 Å². The number of carbonyl (C=O) groups is 1. The zero-order valence-corrected chi connectivity index (χ0v) is 18.9. The van der Waals surface area contributed by atoms with Gasteiger partial charge in [-0.05, 0) is 55.2 Å². The number of aryl methyl sites for hydroxylation is 1. The second kappa shape index (κ2) is 10.3. The highest BCUT2D eigenvalue weighted by Gasteiger charge is 2.34. The summed E-state index contributed by atoms with van der Waals surface area (Å²) in [5, 5.41) is 0.645. The van der Waals surface area contributed by atoms with E-state index in [0.717, 1.165) is 36.3 Å². The Labute approximate surface area is 175 Å². The average Bonchev–Trinajstić information content (AvgIpc) is 2.63. The molecule has 0 aromatic heterocycles. The van der Waals surface area contributed by atoms with Crippen LogP contribution < -0.4 is 4.90 Å². The lowest BCUT2D eigenvalue weighted by atomic mass is 9.75. The molecule has 156 valence electrons. The van der Waals surface area contributed by atoms with Crippen molar-refractivity contribution in [1.82, 2.24) is 0 Å². The third-order valence-corrected chi connectivity index (χ3v) is 6.11. The molecule has 4 nitrogen and oxygen atoms in total. The van der Waals surface area contributed by atoms with Gasteiger partial charge in [-0.3, -0.25) is 9.79 Å². The van der Waals surface area contributed by atoms with Gasteiger partial charge >= 0.3 is 5.97 Å². The van der Waals surface area contributed by atoms with Gasteiger partial charge in [-0.2, -0.15) is 0 Å². The van der Waals surface area contributed by atoms with E-state index < -0.39 is 0 Å². The standard InChI is InChI=1S/C23H35ClN2O2/c1-7-22(25-6)26(20-13-18(24)10-9-17(20)5)14-23(27)28-21-12-16(4)8-11-19(21)15(2)3/h9-10,13,15-16,19,21H,7-8,11-12,14H2,1-6H3/t16-,19+,21-/m1/s1. The van der Waals surface area contributed by atoms with Crippen molar-refractivity contribution in [2.45, 2.75) is 66.4 Å². The quantitative estimate of drug-likeness (QED) is 0.335. The van der Waals surface area contributed by atoms with E-state index in [0.29, 0.717) is 22.8 Å². The Morgan fingerprint density at radius 3 is 2.68 bits per heavy atom. The normalized spacial score (nSPS) is 23.0. The predicted molar refractivity (Wildman–Crippen MR) is 118 cm³/mol. The molecule has 0 radical (unpaired) electrons. The molecular formula is C23H35ClN2O2. The van der Waals surface area contributed by atoms with Crippen molar-refractivity contribution < 1.29 is 9.53 Å². The summed E-state index contributed by atoms with van der Waals surface area (Å²) < 4.78 is 6.03. The maximum absolute atomic E-state index is 13.0. The molecule has 28 heavy (non-hydrogen) atoms. The summed E-state index contributed by atoms with van der Waals surface area (Å²) in [7, 11) is 1.76. The van der Waals surface area contributed by atoms with Gasteiger partial charge in [-0.25, -0.2) is 0 Å². The van der Waals surface area contributed by atoms with Crippen molar-refractivity contribution in [3.8, 4) is 0 Å². The fourth-order valence-corrected chi connectivity index (χ4v) is 4.41. The molecule has 1 fully saturated rings. The number of anilines is 1. The van der Waals surface area contributed by atoms with Crippen molar-refractivity contribution in [1.29, 1.82) is 0 Å². The van der Waals surface area contributed by atoms with E-state index in [-0.39, 0.29) is 18.6 Å². The van der Waals surface area contributed by atoms with Crippen LogP contribution in [-0.2, 0) is 9.53 Å². The third-order valence-electron chi connectivity index (χ3n) is 5.88. The maximum Gasteiger partial charge on any atom is 0.326 e. The topological polar surface area (TPSA) is 41.9 Å². The van der Waals surface area contributed by atoms with Gasteiger partial charge in [0.15, 0.2) is 0 Å². The number of hydrogen-bond acceptors (Lipinski definition) is 3. The second-order valence-electron chi connectivity index (χ2n) is 8.36. The summed E-state index contributed by atoms with van der Waals surface area (Å²) >= 11 is 6.23. The van der Waals surface area contributed by atoms with Crippen LogP contribution >= 0.6 is 11.6 Å². The van der Waals surface area contributed by atoms with E-state index in [1.54, 1.807) is 7.05 Å². The Morgan fingerprint density at radius 2 is 2.07 bits per heavy atom. The molecule has 1 saturated carbocycles. The number of benzene rings is 1. The van der Waals surface area contributed by atoms with E-state index in [9.17, 15) is 4.79 Å². The van der Waals surface area contributed by atoms with Gasteiger partial charge < -0.3 is 9.64 Å². The van der Waals surface area contributed by atoms with E-state index in [1.165, 1.54) is 6.42 Å². The summed E-state index contributed by atoms with van der Waals surface area (Å²) in [6.45, 7) is 10.9. The van der Waals surface area contributed by atoms with E-state index in [4.69, 9.17) is 16.3 Å². The molecule has 2 rings (SSSR count). The number of carbonyl (C=O) groups excluding carboxylic acids is 1. The number of ether oxygens (including phenoxy) is 1. The molecule has 0 unspecified atom stereocenters. The minimum Gasteiger partial charge on any atom is -0.461 e. The smallest absolute Gasteiger partial charge is 0.326 e. The molecule has 0 bridgehead atoms. The van der Waals surface area contributed by atoms with Crippen LogP contribution in [0.25, 0.3) is 0 Å². The molecule has 1 aliphatic rings. The van der Waals surface area contributed by atoms with Crippen LogP contribution in [0.15, 0.2) is 23.2 Å². The largest absolute Gasteiger partial charge is 0.461 e. The summed E-state index contributed by atoms with van der Waals surface area (Å²) in [6.07, 6.45) is 4.03. The van der Waals surface area contributed by atoms with E-state index in [1.807, 2.05) is 36.9 Å². The molecule has 1 aromatic carbocycles. The molecule has 1 aliphatic carbocycles. The maximum atomic E-state index is 13.0. The lowest BCUT2D eigenvalue weighted by molar-refractivity contribution is -0.154. The van der Waals surface area contributed by atoms with Crippen molar-refractivity contribution in [2.75, 3.05) is 18.5 Å². The number of aliphatic imine (C=N–C) groups is 1. The highest BCUT2D eigenvalue weighted by Crippen LogP contribution is 2.35. The first-order chi connectivity index (χ1) is 13.3. The molecule has 0 spiro atoms. The van der Waals surface area contributed by atoms with Gasteiger partial charge in [0, 0.05) is 24.2 Å². The second-order valence-corrected chi connectivity index (χ2v) is 8.80. The van der Waals surface area contributed by atoms with Gasteiger partial charge in [-0.1, -0.05) is 51.8 Å². The number of esters is 1. The Balaban J connectivity index is 2.21. The monoisotopic (exact) mass is 406 g/mol. The Kier molecular flexibility index (Phi) is 8.36. The molecule has 0 N–H and O–H groups in total. The lowest BCUT2D eigenvalue weighted by Crippen LogP contribution is -2.41. The third kappa shape index (κ3) is 5.73. The summed E-state index contributed by atoms with van der Waals surface area (Å²) in [5.74, 6) is 2.20. The van der Waals surface area contributed by atoms with Gasteiger partial charge in [0.1, 0.15) is 18.5 Å². The molecule has 0 heterocycles. The van der Waals surface area contributed by atoms with Gasteiger partial charge in [0.25, 0.3) is 0 Å². The number of amidine groups is 1. The van der Waals surface area contributed by atoms with Crippen molar-refractivity contribution in [3.05, 3.63) is 28.8 Å². The Morgan fingerprint density at radius 1 is 1.36 bits per heavy atom. The molecular weight excluding hydrogens is 372 g/mol. The Bertz CT molecular complexity index is 702.